The predicted molar refractivity (Wildman–Crippen MR) is 113 cm³/mol. The van der Waals surface area contributed by atoms with Gasteiger partial charge in [-0.3, -0.25) is 9.59 Å². The number of carbonyl (C=O) groups is 3. The first-order valence-corrected chi connectivity index (χ1v) is 10.2. The van der Waals surface area contributed by atoms with Crippen molar-refractivity contribution in [1.82, 2.24) is 15.5 Å². The van der Waals surface area contributed by atoms with Crippen molar-refractivity contribution < 1.29 is 19.1 Å². The number of likely N-dealkylation sites (N-methyl/N-ethyl adjacent to an activating group) is 1. The summed E-state index contributed by atoms with van der Waals surface area (Å²) in [6.07, 6.45) is 1.17. The Morgan fingerprint density at radius 1 is 1.10 bits per heavy atom. The number of amides is 3. The Bertz CT molecular complexity index is 698. The lowest BCUT2D eigenvalue weighted by Gasteiger charge is -2.31. The molecule has 0 saturated carbocycles. The number of hydrogen-bond donors (Lipinski definition) is 2. The van der Waals surface area contributed by atoms with E-state index < -0.39 is 17.7 Å². The molecule has 1 atom stereocenters. The van der Waals surface area contributed by atoms with Crippen LogP contribution in [-0.2, 0) is 14.3 Å². The van der Waals surface area contributed by atoms with Crippen LogP contribution >= 0.6 is 0 Å². The number of nitrogens with one attached hydrogen (secondary N) is 2. The number of ether oxygens (including phenoxy) is 1. The summed E-state index contributed by atoms with van der Waals surface area (Å²) >= 11 is 0. The molecule has 1 rings (SSSR count). The van der Waals surface area contributed by atoms with Gasteiger partial charge in [-0.25, -0.2) is 4.79 Å². The number of hydrogen-bond acceptors (Lipinski definition) is 4. The first-order valence-electron chi connectivity index (χ1n) is 10.2. The minimum absolute atomic E-state index is 0.222. The van der Waals surface area contributed by atoms with Crippen LogP contribution in [0.1, 0.15) is 64.6 Å². The molecule has 29 heavy (non-hydrogen) atoms. The topological polar surface area (TPSA) is 87.7 Å². The third-order valence-electron chi connectivity index (χ3n) is 4.32. The molecule has 0 fully saturated rings. The van der Waals surface area contributed by atoms with Crippen molar-refractivity contribution in [1.29, 1.82) is 0 Å². The minimum atomic E-state index is -0.758. The molecule has 1 aromatic rings. The van der Waals surface area contributed by atoms with Crippen molar-refractivity contribution in [3.05, 3.63) is 35.4 Å². The van der Waals surface area contributed by atoms with Crippen LogP contribution in [0.15, 0.2) is 24.3 Å². The van der Waals surface area contributed by atoms with E-state index in [2.05, 4.69) is 17.6 Å². The molecule has 0 aliphatic rings. The largest absolute Gasteiger partial charge is 0.444 e. The molecule has 0 spiro atoms. The number of unbranched alkanes of at least 4 members (excludes halogenated alkanes) is 1. The molecule has 0 radical (unpaired) electrons. The van der Waals surface area contributed by atoms with Crippen molar-refractivity contribution >= 4 is 17.9 Å². The monoisotopic (exact) mass is 405 g/mol. The van der Waals surface area contributed by atoms with Gasteiger partial charge < -0.3 is 20.3 Å². The van der Waals surface area contributed by atoms with Gasteiger partial charge in [-0.1, -0.05) is 37.6 Å². The summed E-state index contributed by atoms with van der Waals surface area (Å²) in [6.45, 7) is 11.7. The standard InChI is InChI=1S/C22H35N3O4/c1-7-9-14-23-20(27)19(17-13-11-10-12-16(17)3)25(8-2)18(26)15-24-21(28)29-22(4,5)6/h10-13,19H,7-9,14-15H2,1-6H3,(H,23,27)(H,24,28). The first kappa shape index (κ1) is 24.5. The fourth-order valence-corrected chi connectivity index (χ4v) is 2.90. The summed E-state index contributed by atoms with van der Waals surface area (Å²) in [7, 11) is 0. The lowest BCUT2D eigenvalue weighted by Crippen LogP contribution is -2.48. The number of carbonyl (C=O) groups excluding carboxylic acids is 3. The fourth-order valence-electron chi connectivity index (χ4n) is 2.90. The van der Waals surface area contributed by atoms with Crippen LogP contribution < -0.4 is 10.6 Å². The third-order valence-corrected chi connectivity index (χ3v) is 4.32. The Hall–Kier alpha value is -2.57. The van der Waals surface area contributed by atoms with E-state index in [1.807, 2.05) is 38.1 Å². The zero-order valence-electron chi connectivity index (χ0n) is 18.5. The van der Waals surface area contributed by atoms with Crippen molar-refractivity contribution in [3.8, 4) is 0 Å². The predicted octanol–water partition coefficient (Wildman–Crippen LogP) is 3.33. The van der Waals surface area contributed by atoms with Crippen molar-refractivity contribution in [2.45, 2.75) is 66.0 Å². The average molecular weight is 406 g/mol. The molecule has 0 aliphatic carbocycles. The molecule has 0 aliphatic heterocycles. The van der Waals surface area contributed by atoms with E-state index in [9.17, 15) is 14.4 Å². The lowest BCUT2D eigenvalue weighted by atomic mass is 9.98. The molecule has 1 aromatic carbocycles. The number of benzene rings is 1. The number of alkyl carbamates (subject to hydrolysis) is 1. The maximum Gasteiger partial charge on any atom is 0.408 e. The smallest absolute Gasteiger partial charge is 0.408 e. The van der Waals surface area contributed by atoms with Crippen LogP contribution in [0.3, 0.4) is 0 Å². The van der Waals surface area contributed by atoms with E-state index in [1.54, 1.807) is 20.8 Å². The highest BCUT2D eigenvalue weighted by molar-refractivity contribution is 5.90. The van der Waals surface area contributed by atoms with Gasteiger partial charge in [-0.15, -0.1) is 0 Å². The van der Waals surface area contributed by atoms with Crippen molar-refractivity contribution in [3.63, 3.8) is 0 Å². The summed E-state index contributed by atoms with van der Waals surface area (Å²) in [4.78, 5) is 39.2. The molecule has 0 bridgehead atoms. The number of nitrogens with zero attached hydrogens (tertiary/aromatic N) is 1. The van der Waals surface area contributed by atoms with Gasteiger partial charge in [-0.05, 0) is 52.2 Å². The van der Waals surface area contributed by atoms with Crippen LogP contribution in [0.5, 0.6) is 0 Å². The minimum Gasteiger partial charge on any atom is -0.444 e. The highest BCUT2D eigenvalue weighted by Crippen LogP contribution is 2.24. The second-order valence-electron chi connectivity index (χ2n) is 7.94. The van der Waals surface area contributed by atoms with E-state index in [-0.39, 0.29) is 18.4 Å². The van der Waals surface area contributed by atoms with Gasteiger partial charge in [0.25, 0.3) is 0 Å². The Kier molecular flexibility index (Phi) is 9.65. The second-order valence-corrected chi connectivity index (χ2v) is 7.94. The fraction of sp³-hybridized carbons (Fsp3) is 0.591. The molecule has 0 saturated heterocycles. The highest BCUT2D eigenvalue weighted by atomic mass is 16.6. The number of aryl methyl sites for hydroxylation is 1. The molecular formula is C22H35N3O4. The van der Waals surface area contributed by atoms with Crippen LogP contribution in [0.2, 0.25) is 0 Å². The molecule has 1 unspecified atom stereocenters. The van der Waals surface area contributed by atoms with Crippen LogP contribution in [-0.4, -0.2) is 48.0 Å². The second kappa shape index (κ2) is 11.4. The zero-order chi connectivity index (χ0) is 22.0. The summed E-state index contributed by atoms with van der Waals surface area (Å²) in [5.41, 5.74) is 1.05. The highest BCUT2D eigenvalue weighted by Gasteiger charge is 2.31. The van der Waals surface area contributed by atoms with Gasteiger partial charge in [0.05, 0.1) is 0 Å². The van der Waals surface area contributed by atoms with Crippen LogP contribution in [0.4, 0.5) is 4.79 Å². The zero-order valence-corrected chi connectivity index (χ0v) is 18.5. The van der Waals surface area contributed by atoms with Crippen molar-refractivity contribution in [2.24, 2.45) is 0 Å². The van der Waals surface area contributed by atoms with Crippen molar-refractivity contribution in [2.75, 3.05) is 19.6 Å². The molecule has 162 valence electrons. The first-order chi connectivity index (χ1) is 13.6. The Balaban J connectivity index is 3.01. The number of rotatable bonds is 9. The summed E-state index contributed by atoms with van der Waals surface area (Å²) in [5, 5.41) is 5.41. The van der Waals surface area contributed by atoms with Gasteiger partial charge in [-0.2, -0.15) is 0 Å². The Morgan fingerprint density at radius 3 is 2.31 bits per heavy atom. The summed E-state index contributed by atoms with van der Waals surface area (Å²) in [6, 6.07) is 6.76. The van der Waals surface area contributed by atoms with Gasteiger partial charge in [0.1, 0.15) is 18.2 Å². The summed E-state index contributed by atoms with van der Waals surface area (Å²) in [5.74, 6) is -0.572. The average Bonchev–Trinajstić information content (AvgIpc) is 2.63. The quantitative estimate of drug-likeness (QED) is 0.617. The van der Waals surface area contributed by atoms with Gasteiger partial charge in [0, 0.05) is 13.1 Å². The molecular weight excluding hydrogens is 370 g/mol. The van der Waals surface area contributed by atoms with Crippen LogP contribution in [0, 0.1) is 6.92 Å². The maximum absolute atomic E-state index is 13.0. The maximum atomic E-state index is 13.0. The SMILES string of the molecule is CCCCNC(=O)C(c1ccccc1C)N(CC)C(=O)CNC(=O)OC(C)(C)C. The van der Waals surface area contributed by atoms with E-state index in [4.69, 9.17) is 4.74 Å². The normalized spacial score (nSPS) is 12.1. The molecule has 0 aromatic heterocycles. The Labute approximate surface area is 174 Å². The van der Waals surface area contributed by atoms with E-state index in [0.717, 1.165) is 24.0 Å². The summed E-state index contributed by atoms with van der Waals surface area (Å²) < 4.78 is 5.18. The van der Waals surface area contributed by atoms with Gasteiger partial charge in [0.15, 0.2) is 0 Å². The van der Waals surface area contributed by atoms with E-state index >= 15 is 0 Å². The van der Waals surface area contributed by atoms with Crippen LogP contribution in [0.25, 0.3) is 0 Å². The molecule has 0 heterocycles. The third kappa shape index (κ3) is 8.13. The molecule has 7 nitrogen and oxygen atoms in total. The van der Waals surface area contributed by atoms with E-state index in [0.29, 0.717) is 13.1 Å². The van der Waals surface area contributed by atoms with Gasteiger partial charge in [0.2, 0.25) is 11.8 Å². The lowest BCUT2D eigenvalue weighted by molar-refractivity contribution is -0.140. The molecule has 3 amide bonds. The van der Waals surface area contributed by atoms with E-state index in [1.165, 1.54) is 4.90 Å². The molecule has 7 heteroatoms. The Morgan fingerprint density at radius 2 is 1.76 bits per heavy atom. The molecule has 2 N–H and O–H groups in total. The van der Waals surface area contributed by atoms with Gasteiger partial charge >= 0.3 is 6.09 Å².